The summed E-state index contributed by atoms with van der Waals surface area (Å²) < 4.78 is 5.21. The molecule has 1 aliphatic heterocycles. The lowest BCUT2D eigenvalue weighted by Gasteiger charge is -2.25. The van der Waals surface area contributed by atoms with Gasteiger partial charge < -0.3 is 21.1 Å². The number of carbonyl (C=O) groups excluding carboxylic acids is 2. The molecule has 6 nitrogen and oxygen atoms in total. The Balaban J connectivity index is 1.61. The summed E-state index contributed by atoms with van der Waals surface area (Å²) in [6.07, 6.45) is 4.26. The number of unbranched alkanes of at least 4 members (excludes halogenated alkanes) is 2. The van der Waals surface area contributed by atoms with Crippen LogP contribution in [0.25, 0.3) is 0 Å². The van der Waals surface area contributed by atoms with Gasteiger partial charge in [0, 0.05) is 18.5 Å². The zero-order valence-corrected chi connectivity index (χ0v) is 18.7. The molecule has 1 saturated heterocycles. The number of hydrogen-bond acceptors (Lipinski definition) is 5. The smallest absolute Gasteiger partial charge is 0.407 e. The number of benzene rings is 1. The molecule has 1 amide bonds. The summed E-state index contributed by atoms with van der Waals surface area (Å²) in [5.41, 5.74) is 7.15. The number of nitrogens with two attached hydrogens (primary N) is 1. The third kappa shape index (κ3) is 8.07. The number of hydrogen-bond donors (Lipinski definition) is 3. The van der Waals surface area contributed by atoms with Gasteiger partial charge in [-0.3, -0.25) is 4.79 Å². The molecule has 0 bridgehead atoms. The van der Waals surface area contributed by atoms with E-state index in [1.807, 2.05) is 30.3 Å². The van der Waals surface area contributed by atoms with Gasteiger partial charge in [0.05, 0.1) is 6.04 Å². The highest BCUT2D eigenvalue weighted by atomic mass is 16.5. The number of alkyl carbamates (subject to hydrolysis) is 1. The molecule has 30 heavy (non-hydrogen) atoms. The van der Waals surface area contributed by atoms with Crippen molar-refractivity contribution in [2.24, 2.45) is 23.5 Å². The SMILES string of the molecule is CC(C)C[C@H](N)C(=O)C1C(C)CN[C@H]1CCCCCNC(=O)OCc1ccccc1. The predicted molar refractivity (Wildman–Crippen MR) is 120 cm³/mol. The van der Waals surface area contributed by atoms with Gasteiger partial charge in [0.1, 0.15) is 6.61 Å². The van der Waals surface area contributed by atoms with Crippen LogP contribution in [-0.2, 0) is 16.1 Å². The molecule has 0 saturated carbocycles. The highest BCUT2D eigenvalue weighted by molar-refractivity contribution is 5.87. The second kappa shape index (κ2) is 12.7. The molecule has 1 aromatic rings. The van der Waals surface area contributed by atoms with E-state index in [1.54, 1.807) is 0 Å². The van der Waals surface area contributed by atoms with Crippen LogP contribution in [0.2, 0.25) is 0 Å². The Labute approximate surface area is 181 Å². The fourth-order valence-corrected chi connectivity index (χ4v) is 4.25. The number of amides is 1. The first-order valence-electron chi connectivity index (χ1n) is 11.4. The zero-order valence-electron chi connectivity index (χ0n) is 18.7. The van der Waals surface area contributed by atoms with Gasteiger partial charge in [-0.05, 0) is 43.2 Å². The van der Waals surface area contributed by atoms with Crippen molar-refractivity contribution in [1.29, 1.82) is 0 Å². The van der Waals surface area contributed by atoms with E-state index in [9.17, 15) is 9.59 Å². The van der Waals surface area contributed by atoms with Crippen molar-refractivity contribution in [3.05, 3.63) is 35.9 Å². The second-order valence-corrected chi connectivity index (χ2v) is 8.99. The summed E-state index contributed by atoms with van der Waals surface area (Å²) in [7, 11) is 0. The Morgan fingerprint density at radius 1 is 1.20 bits per heavy atom. The Morgan fingerprint density at radius 3 is 2.63 bits per heavy atom. The van der Waals surface area contributed by atoms with Gasteiger partial charge >= 0.3 is 6.09 Å². The minimum absolute atomic E-state index is 0.0184. The van der Waals surface area contributed by atoms with E-state index in [2.05, 4.69) is 31.4 Å². The minimum atomic E-state index is -0.380. The lowest BCUT2D eigenvalue weighted by Crippen LogP contribution is -2.43. The molecule has 1 heterocycles. The van der Waals surface area contributed by atoms with E-state index in [4.69, 9.17) is 10.5 Å². The van der Waals surface area contributed by atoms with E-state index < -0.39 is 0 Å². The number of nitrogens with one attached hydrogen (secondary N) is 2. The number of Topliss-reactive ketones (excluding diaryl/α,β-unsaturated/α-hetero) is 1. The van der Waals surface area contributed by atoms with Crippen LogP contribution in [0.4, 0.5) is 4.79 Å². The van der Waals surface area contributed by atoms with E-state index in [1.165, 1.54) is 0 Å². The van der Waals surface area contributed by atoms with Gasteiger partial charge in [-0.2, -0.15) is 0 Å². The summed E-state index contributed by atoms with van der Waals surface area (Å²) in [6.45, 7) is 8.11. The first kappa shape index (κ1) is 24.4. The molecule has 0 aromatic heterocycles. The molecule has 1 fully saturated rings. The van der Waals surface area contributed by atoms with Gasteiger partial charge in [0.15, 0.2) is 5.78 Å². The van der Waals surface area contributed by atoms with Gasteiger partial charge in [-0.25, -0.2) is 4.79 Å². The second-order valence-electron chi connectivity index (χ2n) is 8.99. The van der Waals surface area contributed by atoms with Crippen LogP contribution in [0.3, 0.4) is 0 Å². The number of ketones is 1. The maximum atomic E-state index is 12.8. The largest absolute Gasteiger partial charge is 0.445 e. The van der Waals surface area contributed by atoms with Crippen molar-refractivity contribution in [1.82, 2.24) is 10.6 Å². The van der Waals surface area contributed by atoms with Crippen LogP contribution in [0.15, 0.2) is 30.3 Å². The molecule has 1 aliphatic rings. The first-order chi connectivity index (χ1) is 14.4. The van der Waals surface area contributed by atoms with Gasteiger partial charge in [0.25, 0.3) is 0 Å². The van der Waals surface area contributed by atoms with E-state index >= 15 is 0 Å². The first-order valence-corrected chi connectivity index (χ1v) is 11.4. The summed E-state index contributed by atoms with van der Waals surface area (Å²) in [5.74, 6) is 1.000. The van der Waals surface area contributed by atoms with Crippen molar-refractivity contribution in [2.75, 3.05) is 13.1 Å². The van der Waals surface area contributed by atoms with Crippen LogP contribution >= 0.6 is 0 Å². The maximum Gasteiger partial charge on any atom is 0.407 e. The zero-order chi connectivity index (χ0) is 21.9. The quantitative estimate of drug-likeness (QED) is 0.452. The molecule has 168 valence electrons. The highest BCUT2D eigenvalue weighted by Gasteiger charge is 2.39. The molecular formula is C24H39N3O3. The van der Waals surface area contributed by atoms with Crippen LogP contribution in [0.5, 0.6) is 0 Å². The number of carbonyl (C=O) groups is 2. The van der Waals surface area contributed by atoms with Crippen molar-refractivity contribution >= 4 is 11.9 Å². The third-order valence-electron chi connectivity index (χ3n) is 5.84. The lowest BCUT2D eigenvalue weighted by atomic mass is 9.81. The van der Waals surface area contributed by atoms with Gasteiger partial charge in [-0.1, -0.05) is 63.9 Å². The third-order valence-corrected chi connectivity index (χ3v) is 5.84. The van der Waals surface area contributed by atoms with Crippen molar-refractivity contribution in [2.45, 2.75) is 71.6 Å². The molecule has 4 atom stereocenters. The fraction of sp³-hybridized carbons (Fsp3) is 0.667. The summed E-state index contributed by atoms with van der Waals surface area (Å²) >= 11 is 0. The molecule has 6 heteroatoms. The van der Waals surface area contributed by atoms with Crippen molar-refractivity contribution < 1.29 is 14.3 Å². The molecule has 2 unspecified atom stereocenters. The highest BCUT2D eigenvalue weighted by Crippen LogP contribution is 2.28. The molecular weight excluding hydrogens is 378 g/mol. The molecule has 0 aliphatic carbocycles. The molecule has 4 N–H and O–H groups in total. The lowest BCUT2D eigenvalue weighted by molar-refractivity contribution is -0.125. The number of ether oxygens (including phenoxy) is 1. The summed E-state index contributed by atoms with van der Waals surface area (Å²) in [5, 5.41) is 6.32. The van der Waals surface area contributed by atoms with E-state index in [-0.39, 0.29) is 36.5 Å². The minimum Gasteiger partial charge on any atom is -0.445 e. The van der Waals surface area contributed by atoms with Crippen molar-refractivity contribution in [3.8, 4) is 0 Å². The Kier molecular flexibility index (Phi) is 10.3. The van der Waals surface area contributed by atoms with Crippen molar-refractivity contribution in [3.63, 3.8) is 0 Å². The Hall–Kier alpha value is -1.92. The molecule has 1 aromatic carbocycles. The topological polar surface area (TPSA) is 93.5 Å². The maximum absolute atomic E-state index is 12.8. The van der Waals surface area contributed by atoms with E-state index in [0.717, 1.165) is 44.2 Å². The summed E-state index contributed by atoms with van der Waals surface area (Å²) in [4.78, 5) is 24.6. The Bertz CT molecular complexity index is 650. The predicted octanol–water partition coefficient (Wildman–Crippen LogP) is 3.64. The van der Waals surface area contributed by atoms with Crippen LogP contribution in [-0.4, -0.2) is 37.0 Å². The fourth-order valence-electron chi connectivity index (χ4n) is 4.25. The average Bonchev–Trinajstić information content (AvgIpc) is 3.09. The van der Waals surface area contributed by atoms with Gasteiger partial charge in [-0.15, -0.1) is 0 Å². The van der Waals surface area contributed by atoms with Crippen LogP contribution < -0.4 is 16.4 Å². The molecule has 0 spiro atoms. The van der Waals surface area contributed by atoms with Crippen LogP contribution in [0, 0.1) is 17.8 Å². The molecule has 0 radical (unpaired) electrons. The van der Waals surface area contributed by atoms with Crippen LogP contribution in [0.1, 0.15) is 58.4 Å². The monoisotopic (exact) mass is 417 g/mol. The molecule has 2 rings (SSSR count). The Morgan fingerprint density at radius 2 is 1.93 bits per heavy atom. The normalized spacial score (nSPS) is 22.1. The van der Waals surface area contributed by atoms with E-state index in [0.29, 0.717) is 18.4 Å². The standard InChI is InChI=1S/C24H39N3O3/c1-17(2)14-20(25)23(28)22-18(3)15-27-21(22)12-8-5-9-13-26-24(29)30-16-19-10-6-4-7-11-19/h4,6-7,10-11,17-18,20-22,27H,5,8-9,12-16,25H2,1-3H3,(H,26,29)/t18?,20-,21-,22?/m0/s1. The van der Waals surface area contributed by atoms with Gasteiger partial charge in [0.2, 0.25) is 0 Å². The summed E-state index contributed by atoms with van der Waals surface area (Å²) in [6, 6.07) is 9.50. The number of rotatable bonds is 12. The average molecular weight is 418 g/mol.